The van der Waals surface area contributed by atoms with Crippen molar-refractivity contribution in [3.8, 4) is 5.69 Å². The summed E-state index contributed by atoms with van der Waals surface area (Å²) in [7, 11) is 0. The van der Waals surface area contributed by atoms with Gasteiger partial charge in [-0.05, 0) is 37.6 Å². The Morgan fingerprint density at radius 3 is 2.31 bits per heavy atom. The number of benzene rings is 2. The number of amides is 1. The second kappa shape index (κ2) is 8.78. The maximum absolute atomic E-state index is 13.2. The molecule has 168 valence electrons. The highest BCUT2D eigenvalue weighted by Crippen LogP contribution is 2.30. The van der Waals surface area contributed by atoms with E-state index in [2.05, 4.69) is 10.00 Å². The fourth-order valence-corrected chi connectivity index (χ4v) is 4.14. The number of alkyl halides is 3. The molecule has 32 heavy (non-hydrogen) atoms. The van der Waals surface area contributed by atoms with Crippen molar-refractivity contribution in [2.75, 3.05) is 26.2 Å². The van der Waals surface area contributed by atoms with E-state index >= 15 is 0 Å². The van der Waals surface area contributed by atoms with Gasteiger partial charge in [-0.1, -0.05) is 36.4 Å². The van der Waals surface area contributed by atoms with Crippen molar-refractivity contribution in [1.82, 2.24) is 19.6 Å². The van der Waals surface area contributed by atoms with E-state index in [1.165, 1.54) is 12.1 Å². The number of para-hydroxylation sites is 1. The number of rotatable bonds is 4. The lowest BCUT2D eigenvalue weighted by Crippen LogP contribution is -2.48. The van der Waals surface area contributed by atoms with E-state index in [1.54, 1.807) is 15.6 Å². The summed E-state index contributed by atoms with van der Waals surface area (Å²) in [4.78, 5) is 17.1. The van der Waals surface area contributed by atoms with Crippen LogP contribution in [0.3, 0.4) is 0 Å². The molecule has 0 spiro atoms. The van der Waals surface area contributed by atoms with Gasteiger partial charge in [-0.25, -0.2) is 4.68 Å². The number of aryl methyl sites for hydroxylation is 1. The van der Waals surface area contributed by atoms with Crippen molar-refractivity contribution < 1.29 is 18.0 Å². The van der Waals surface area contributed by atoms with E-state index in [4.69, 9.17) is 0 Å². The quantitative estimate of drug-likeness (QED) is 0.599. The zero-order valence-electron chi connectivity index (χ0n) is 18.1. The summed E-state index contributed by atoms with van der Waals surface area (Å²) in [5.41, 5.74) is 2.98. The third-order valence-corrected chi connectivity index (χ3v) is 5.83. The maximum atomic E-state index is 13.2. The van der Waals surface area contributed by atoms with Gasteiger partial charge in [0.1, 0.15) is 0 Å². The summed E-state index contributed by atoms with van der Waals surface area (Å²) in [6, 6.07) is 15.1. The lowest BCUT2D eigenvalue weighted by molar-refractivity contribution is -0.137. The molecule has 8 heteroatoms. The molecule has 0 aliphatic carbocycles. The lowest BCUT2D eigenvalue weighted by Gasteiger charge is -2.35. The molecule has 1 aliphatic rings. The Morgan fingerprint density at radius 1 is 0.969 bits per heavy atom. The van der Waals surface area contributed by atoms with Crippen molar-refractivity contribution in [3.05, 3.63) is 82.7 Å². The molecule has 0 saturated carbocycles. The van der Waals surface area contributed by atoms with Crippen LogP contribution in [0.1, 0.15) is 32.9 Å². The molecule has 3 aromatic rings. The molecule has 1 amide bonds. The summed E-state index contributed by atoms with van der Waals surface area (Å²) < 4.78 is 40.7. The van der Waals surface area contributed by atoms with Crippen molar-refractivity contribution in [2.45, 2.75) is 26.6 Å². The smallest absolute Gasteiger partial charge is 0.336 e. The van der Waals surface area contributed by atoms with Gasteiger partial charge in [0, 0.05) is 32.7 Å². The number of nitrogens with zero attached hydrogens (tertiary/aromatic N) is 4. The maximum Gasteiger partial charge on any atom is 0.416 e. The minimum Gasteiger partial charge on any atom is -0.336 e. The van der Waals surface area contributed by atoms with Crippen LogP contribution in [0.4, 0.5) is 13.2 Å². The largest absolute Gasteiger partial charge is 0.416 e. The zero-order chi connectivity index (χ0) is 22.9. The molecule has 4 rings (SSSR count). The van der Waals surface area contributed by atoms with Crippen LogP contribution in [0.2, 0.25) is 0 Å². The van der Waals surface area contributed by atoms with Crippen LogP contribution < -0.4 is 0 Å². The topological polar surface area (TPSA) is 41.4 Å². The second-order valence-electron chi connectivity index (χ2n) is 8.06. The number of carbonyl (C=O) groups is 1. The highest BCUT2D eigenvalue weighted by Gasteiger charge is 2.31. The molecule has 0 bridgehead atoms. The summed E-state index contributed by atoms with van der Waals surface area (Å²) >= 11 is 0. The summed E-state index contributed by atoms with van der Waals surface area (Å²) in [6.07, 6.45) is -4.35. The third-order valence-electron chi connectivity index (χ3n) is 5.83. The minimum atomic E-state index is -4.35. The molecule has 0 radical (unpaired) electrons. The van der Waals surface area contributed by atoms with E-state index in [1.807, 2.05) is 44.2 Å². The van der Waals surface area contributed by atoms with Crippen molar-refractivity contribution in [3.63, 3.8) is 0 Å². The van der Waals surface area contributed by atoms with Gasteiger partial charge < -0.3 is 4.90 Å². The summed E-state index contributed by atoms with van der Waals surface area (Å²) in [6.45, 7) is 6.41. The predicted octanol–water partition coefficient (Wildman–Crippen LogP) is 4.47. The van der Waals surface area contributed by atoms with Crippen LogP contribution in [0, 0.1) is 13.8 Å². The van der Waals surface area contributed by atoms with Gasteiger partial charge in [0.25, 0.3) is 5.91 Å². The zero-order valence-corrected chi connectivity index (χ0v) is 18.1. The molecule has 0 atom stereocenters. The number of piperazine rings is 1. The van der Waals surface area contributed by atoms with Gasteiger partial charge in [0.05, 0.1) is 28.2 Å². The van der Waals surface area contributed by atoms with Crippen molar-refractivity contribution in [1.29, 1.82) is 0 Å². The van der Waals surface area contributed by atoms with E-state index in [0.29, 0.717) is 49.5 Å². The first kappa shape index (κ1) is 22.1. The number of halogens is 3. The van der Waals surface area contributed by atoms with Crippen LogP contribution in [-0.4, -0.2) is 51.7 Å². The van der Waals surface area contributed by atoms with Gasteiger partial charge >= 0.3 is 6.18 Å². The molecular weight excluding hydrogens is 417 g/mol. The Bertz CT molecular complexity index is 1100. The monoisotopic (exact) mass is 442 g/mol. The molecule has 1 aliphatic heterocycles. The van der Waals surface area contributed by atoms with Gasteiger partial charge in [-0.2, -0.15) is 18.3 Å². The number of carbonyl (C=O) groups excluding carboxylic acids is 1. The molecule has 1 fully saturated rings. The minimum absolute atomic E-state index is 0.0547. The van der Waals surface area contributed by atoms with Crippen LogP contribution in [0.15, 0.2) is 54.6 Å². The number of aromatic nitrogens is 2. The fraction of sp³-hybridized carbons (Fsp3) is 0.333. The Kier molecular flexibility index (Phi) is 6.06. The summed E-state index contributed by atoms with van der Waals surface area (Å²) in [5.74, 6) is -0.0547. The standard InChI is InChI=1S/C24H25F3N4O/c1-17-22(18(2)31(28-17)21-9-4-3-5-10-21)23(32)30-13-11-29(12-14-30)16-19-7-6-8-20(15-19)24(25,26)27/h3-10,15H,11-14,16H2,1-2H3. The molecule has 1 aromatic heterocycles. The molecule has 1 saturated heterocycles. The average Bonchev–Trinajstić information content (AvgIpc) is 3.08. The predicted molar refractivity (Wildman–Crippen MR) is 116 cm³/mol. The lowest BCUT2D eigenvalue weighted by atomic mass is 10.1. The number of hydrogen-bond acceptors (Lipinski definition) is 3. The SMILES string of the molecule is Cc1nn(-c2ccccc2)c(C)c1C(=O)N1CCN(Cc2cccc(C(F)(F)F)c2)CC1. The van der Waals surface area contributed by atoms with Gasteiger partial charge in [-0.15, -0.1) is 0 Å². The Morgan fingerprint density at radius 2 is 1.66 bits per heavy atom. The van der Waals surface area contributed by atoms with Gasteiger partial charge in [0.2, 0.25) is 0 Å². The highest BCUT2D eigenvalue weighted by molar-refractivity contribution is 5.96. The van der Waals surface area contributed by atoms with Crippen LogP contribution in [0.25, 0.3) is 5.69 Å². The highest BCUT2D eigenvalue weighted by atomic mass is 19.4. The Hall–Kier alpha value is -3.13. The van der Waals surface area contributed by atoms with E-state index in [9.17, 15) is 18.0 Å². The summed E-state index contributed by atoms with van der Waals surface area (Å²) in [5, 5.41) is 4.56. The van der Waals surface area contributed by atoms with E-state index in [0.717, 1.165) is 17.4 Å². The van der Waals surface area contributed by atoms with E-state index < -0.39 is 11.7 Å². The molecule has 5 nitrogen and oxygen atoms in total. The first-order valence-electron chi connectivity index (χ1n) is 10.5. The first-order chi connectivity index (χ1) is 15.2. The fourth-order valence-electron chi connectivity index (χ4n) is 4.14. The van der Waals surface area contributed by atoms with Crippen molar-refractivity contribution >= 4 is 5.91 Å². The molecule has 2 aromatic carbocycles. The first-order valence-corrected chi connectivity index (χ1v) is 10.5. The Balaban J connectivity index is 1.42. The number of hydrogen-bond donors (Lipinski definition) is 0. The molecule has 2 heterocycles. The Labute approximate surface area is 185 Å². The van der Waals surface area contributed by atoms with Gasteiger partial charge in [-0.3, -0.25) is 9.69 Å². The second-order valence-corrected chi connectivity index (χ2v) is 8.06. The molecule has 0 N–H and O–H groups in total. The van der Waals surface area contributed by atoms with E-state index in [-0.39, 0.29) is 5.91 Å². The van der Waals surface area contributed by atoms with Crippen LogP contribution in [0.5, 0.6) is 0 Å². The van der Waals surface area contributed by atoms with Crippen molar-refractivity contribution in [2.24, 2.45) is 0 Å². The van der Waals surface area contributed by atoms with Crippen LogP contribution in [-0.2, 0) is 12.7 Å². The molecular formula is C24H25F3N4O. The average molecular weight is 442 g/mol. The van der Waals surface area contributed by atoms with Gasteiger partial charge in [0.15, 0.2) is 0 Å². The normalized spacial score (nSPS) is 15.2. The molecule has 0 unspecified atom stereocenters. The third kappa shape index (κ3) is 4.55. The van der Waals surface area contributed by atoms with Crippen LogP contribution >= 0.6 is 0 Å².